The van der Waals surface area contributed by atoms with Gasteiger partial charge in [0, 0.05) is 63.6 Å². The van der Waals surface area contributed by atoms with E-state index in [0.29, 0.717) is 30.5 Å². The van der Waals surface area contributed by atoms with Crippen LogP contribution >= 0.6 is 0 Å². The van der Waals surface area contributed by atoms with Gasteiger partial charge in [0.1, 0.15) is 11.4 Å². The highest BCUT2D eigenvalue weighted by Gasteiger charge is 2.35. The number of aromatic nitrogens is 2. The van der Waals surface area contributed by atoms with Crippen molar-refractivity contribution in [1.82, 2.24) is 25.1 Å². The van der Waals surface area contributed by atoms with Crippen molar-refractivity contribution in [2.75, 3.05) is 56.9 Å². The highest BCUT2D eigenvalue weighted by molar-refractivity contribution is 5.94. The summed E-state index contributed by atoms with van der Waals surface area (Å²) in [5.41, 5.74) is 0.0386. The molecule has 0 unspecified atom stereocenters. The molecule has 1 aromatic heterocycles. The van der Waals surface area contributed by atoms with Gasteiger partial charge in [0.25, 0.3) is 5.91 Å². The quantitative estimate of drug-likeness (QED) is 0.539. The normalized spacial score (nSPS) is 14.6. The molecule has 0 radical (unpaired) electrons. The molecule has 1 aromatic carbocycles. The maximum Gasteiger partial charge on any atom is 0.421 e. The van der Waals surface area contributed by atoms with E-state index in [4.69, 9.17) is 0 Å². The van der Waals surface area contributed by atoms with Crippen LogP contribution in [0.15, 0.2) is 30.5 Å². The first-order valence-electron chi connectivity index (χ1n) is 10.4. The number of hydrogen-bond donors (Lipinski definition) is 3. The third-order valence-electron chi connectivity index (χ3n) is 5.06. The minimum Gasteiger partial charge on any atom is -0.368 e. The fourth-order valence-corrected chi connectivity index (χ4v) is 3.22. The average molecular weight is 465 g/mol. The van der Waals surface area contributed by atoms with Crippen molar-refractivity contribution in [3.63, 3.8) is 0 Å². The maximum absolute atomic E-state index is 13.3. The molecule has 9 nitrogen and oxygen atoms in total. The van der Waals surface area contributed by atoms with E-state index in [1.165, 1.54) is 6.92 Å². The Morgan fingerprint density at radius 3 is 2.33 bits per heavy atom. The van der Waals surface area contributed by atoms with Crippen LogP contribution in [-0.4, -0.2) is 77.9 Å². The average Bonchev–Trinajstić information content (AvgIpc) is 2.76. The number of piperazine rings is 1. The Bertz CT molecular complexity index is 975. The first-order valence-corrected chi connectivity index (χ1v) is 10.4. The molecular weight excluding hydrogens is 439 g/mol. The summed E-state index contributed by atoms with van der Waals surface area (Å²) in [6, 6.07) is 6.60. The van der Waals surface area contributed by atoms with Crippen LogP contribution in [0.1, 0.15) is 22.8 Å². The molecular formula is C21H26F3N7O2. The Labute approximate surface area is 189 Å². The Hall–Kier alpha value is -3.41. The molecule has 2 amide bonds. The summed E-state index contributed by atoms with van der Waals surface area (Å²) >= 11 is 0. The van der Waals surface area contributed by atoms with E-state index in [2.05, 4.69) is 30.8 Å². The van der Waals surface area contributed by atoms with Crippen molar-refractivity contribution in [1.29, 1.82) is 0 Å². The van der Waals surface area contributed by atoms with Crippen LogP contribution in [0.5, 0.6) is 0 Å². The van der Waals surface area contributed by atoms with E-state index in [-0.39, 0.29) is 30.9 Å². The van der Waals surface area contributed by atoms with Crippen molar-refractivity contribution in [3.8, 4) is 0 Å². The molecule has 2 aromatic rings. The molecule has 0 spiro atoms. The molecule has 1 aliphatic rings. The van der Waals surface area contributed by atoms with Crippen molar-refractivity contribution in [2.24, 2.45) is 0 Å². The molecule has 3 N–H and O–H groups in total. The fourth-order valence-electron chi connectivity index (χ4n) is 3.22. The number of carbonyl (C=O) groups is 2. The van der Waals surface area contributed by atoms with E-state index < -0.39 is 17.6 Å². The highest BCUT2D eigenvalue weighted by atomic mass is 19.4. The summed E-state index contributed by atoms with van der Waals surface area (Å²) in [6.07, 6.45) is -3.94. The predicted octanol–water partition coefficient (Wildman–Crippen LogP) is 2.17. The van der Waals surface area contributed by atoms with Gasteiger partial charge in [-0.3, -0.25) is 9.59 Å². The molecule has 0 bridgehead atoms. The maximum atomic E-state index is 13.3. The van der Waals surface area contributed by atoms with Crippen LogP contribution in [-0.2, 0) is 11.0 Å². The summed E-state index contributed by atoms with van der Waals surface area (Å²) in [5, 5.41) is 7.93. The molecule has 0 aliphatic carbocycles. The molecule has 178 valence electrons. The van der Waals surface area contributed by atoms with Gasteiger partial charge in [-0.25, -0.2) is 4.98 Å². The summed E-state index contributed by atoms with van der Waals surface area (Å²) in [6.45, 7) is 4.47. The lowest BCUT2D eigenvalue weighted by molar-refractivity contribution is -0.137. The van der Waals surface area contributed by atoms with Crippen molar-refractivity contribution < 1.29 is 22.8 Å². The number of carbonyl (C=O) groups excluding carboxylic acids is 2. The van der Waals surface area contributed by atoms with Crippen molar-refractivity contribution in [3.05, 3.63) is 41.6 Å². The van der Waals surface area contributed by atoms with Crippen LogP contribution in [0, 0.1) is 0 Å². The Kier molecular flexibility index (Phi) is 7.69. The zero-order valence-electron chi connectivity index (χ0n) is 18.4. The highest BCUT2D eigenvalue weighted by Crippen LogP contribution is 2.34. The number of halogens is 3. The molecule has 0 atom stereocenters. The van der Waals surface area contributed by atoms with Gasteiger partial charge < -0.3 is 25.8 Å². The van der Waals surface area contributed by atoms with E-state index in [1.54, 1.807) is 29.2 Å². The molecule has 2 heterocycles. The fraction of sp³-hybridized carbons (Fsp3) is 0.429. The largest absolute Gasteiger partial charge is 0.421 e. The van der Waals surface area contributed by atoms with Crippen molar-refractivity contribution in [2.45, 2.75) is 13.1 Å². The summed E-state index contributed by atoms with van der Waals surface area (Å²) in [4.78, 5) is 35.2. The summed E-state index contributed by atoms with van der Waals surface area (Å²) in [7, 11) is 2.01. The van der Waals surface area contributed by atoms with Gasteiger partial charge in [0.15, 0.2) is 0 Å². The lowest BCUT2D eigenvalue weighted by atomic mass is 10.1. The lowest BCUT2D eigenvalue weighted by Crippen LogP contribution is -2.47. The number of amides is 2. The minimum atomic E-state index is -4.64. The number of alkyl halides is 3. The van der Waals surface area contributed by atoms with Crippen LogP contribution in [0.3, 0.4) is 0 Å². The van der Waals surface area contributed by atoms with E-state index in [9.17, 15) is 22.8 Å². The third-order valence-corrected chi connectivity index (χ3v) is 5.06. The molecule has 12 heteroatoms. The molecule has 1 saturated heterocycles. The monoisotopic (exact) mass is 465 g/mol. The number of hydrogen-bond acceptors (Lipinski definition) is 7. The number of likely N-dealkylation sites (N-methyl/N-ethyl adjacent to an activating group) is 1. The third kappa shape index (κ3) is 6.78. The lowest BCUT2D eigenvalue weighted by Gasteiger charge is -2.32. The zero-order chi connectivity index (χ0) is 24.0. The number of benzene rings is 1. The second-order valence-electron chi connectivity index (χ2n) is 7.66. The Morgan fingerprint density at radius 2 is 1.73 bits per heavy atom. The molecule has 33 heavy (non-hydrogen) atoms. The van der Waals surface area contributed by atoms with Gasteiger partial charge >= 0.3 is 6.18 Å². The van der Waals surface area contributed by atoms with Crippen LogP contribution in [0.25, 0.3) is 0 Å². The second kappa shape index (κ2) is 10.5. The number of anilines is 3. The van der Waals surface area contributed by atoms with Crippen LogP contribution in [0.2, 0.25) is 0 Å². The second-order valence-corrected chi connectivity index (χ2v) is 7.66. The van der Waals surface area contributed by atoms with Crippen LogP contribution in [0.4, 0.5) is 30.6 Å². The van der Waals surface area contributed by atoms with E-state index in [0.717, 1.165) is 13.1 Å². The number of rotatable bonds is 7. The van der Waals surface area contributed by atoms with Gasteiger partial charge in [-0.05, 0) is 31.3 Å². The molecule has 1 fully saturated rings. The Balaban J connectivity index is 1.68. The minimum absolute atomic E-state index is 0.0387. The first kappa shape index (κ1) is 24.2. The first-order chi connectivity index (χ1) is 15.6. The number of nitrogens with one attached hydrogen (secondary N) is 3. The van der Waals surface area contributed by atoms with Crippen LogP contribution < -0.4 is 16.0 Å². The predicted molar refractivity (Wildman–Crippen MR) is 117 cm³/mol. The summed E-state index contributed by atoms with van der Waals surface area (Å²) in [5.74, 6) is -0.783. The van der Waals surface area contributed by atoms with Gasteiger partial charge in [0.2, 0.25) is 11.9 Å². The molecule has 0 saturated carbocycles. The van der Waals surface area contributed by atoms with E-state index >= 15 is 0 Å². The van der Waals surface area contributed by atoms with Gasteiger partial charge in [-0.15, -0.1) is 0 Å². The van der Waals surface area contributed by atoms with Gasteiger partial charge in [-0.1, -0.05) is 0 Å². The van der Waals surface area contributed by atoms with Gasteiger partial charge in [-0.2, -0.15) is 18.2 Å². The van der Waals surface area contributed by atoms with E-state index in [1.807, 2.05) is 7.05 Å². The SMILES string of the molecule is CC(=O)NCCNc1nc(Nc2ccc(C(=O)N3CCN(C)CC3)cc2)ncc1C(F)(F)F. The smallest absolute Gasteiger partial charge is 0.368 e. The number of nitrogens with zero attached hydrogens (tertiary/aromatic N) is 4. The molecule has 1 aliphatic heterocycles. The standard InChI is InChI=1S/C21H26F3N7O2/c1-14(32)25-7-8-26-18-17(21(22,23)24)13-27-20(29-18)28-16-5-3-15(4-6-16)19(33)31-11-9-30(2)10-12-31/h3-6,13H,7-12H2,1-2H3,(H,25,32)(H2,26,27,28,29). The molecule has 3 rings (SSSR count). The van der Waals surface area contributed by atoms with Gasteiger partial charge in [0.05, 0.1) is 0 Å². The summed E-state index contributed by atoms with van der Waals surface area (Å²) < 4.78 is 39.9. The zero-order valence-corrected chi connectivity index (χ0v) is 18.4. The van der Waals surface area contributed by atoms with Crippen molar-refractivity contribution >= 4 is 29.3 Å². The Morgan fingerprint density at radius 1 is 1.06 bits per heavy atom. The topological polar surface area (TPSA) is 102 Å².